The van der Waals surface area contributed by atoms with Gasteiger partial charge in [0.1, 0.15) is 12.4 Å². The molecule has 1 saturated carbocycles. The van der Waals surface area contributed by atoms with Gasteiger partial charge in [-0.15, -0.1) is 24.0 Å². The number of aryl methyl sites for hydroxylation is 1. The van der Waals surface area contributed by atoms with E-state index in [1.54, 1.807) is 7.11 Å². The van der Waals surface area contributed by atoms with Crippen LogP contribution in [0.2, 0.25) is 0 Å². The van der Waals surface area contributed by atoms with Crippen LogP contribution in [0.15, 0.2) is 4.99 Å². The lowest BCUT2D eigenvalue weighted by Gasteiger charge is -2.26. The Kier molecular flexibility index (Phi) is 8.74. The molecule has 1 aromatic rings. The van der Waals surface area contributed by atoms with Crippen LogP contribution in [0.25, 0.3) is 0 Å². The summed E-state index contributed by atoms with van der Waals surface area (Å²) < 4.78 is 12.6. The third-order valence-electron chi connectivity index (χ3n) is 5.31. The maximum atomic E-state index is 5.52. The van der Waals surface area contributed by atoms with Crippen LogP contribution < -0.4 is 10.6 Å². The number of guanidine groups is 1. The third kappa shape index (κ3) is 6.28. The van der Waals surface area contributed by atoms with Crippen molar-refractivity contribution in [3.8, 4) is 0 Å². The number of nitrogens with zero attached hydrogens (tertiary/aromatic N) is 4. The van der Waals surface area contributed by atoms with Gasteiger partial charge in [-0.25, -0.2) is 9.67 Å². The first-order valence-electron chi connectivity index (χ1n) is 9.64. The molecular weight excluding hydrogens is 459 g/mol. The molecule has 0 spiro atoms. The molecule has 0 radical (unpaired) electrons. The van der Waals surface area contributed by atoms with Gasteiger partial charge in [-0.2, -0.15) is 5.10 Å². The zero-order chi connectivity index (χ0) is 18.4. The molecule has 9 heteroatoms. The van der Waals surface area contributed by atoms with E-state index in [1.165, 1.54) is 12.8 Å². The molecule has 1 fully saturated rings. The number of hydrogen-bond acceptors (Lipinski definition) is 5. The number of aliphatic imine (C=N–C) groups is 1. The summed E-state index contributed by atoms with van der Waals surface area (Å²) in [5.41, 5.74) is 0.396. The van der Waals surface area contributed by atoms with Crippen molar-refractivity contribution in [3.63, 3.8) is 0 Å². The number of aromatic nitrogens is 3. The number of fused-ring (bicyclic) bond motifs is 1. The molecule has 2 N–H and O–H groups in total. The predicted octanol–water partition coefficient (Wildman–Crippen LogP) is 1.73. The summed E-state index contributed by atoms with van der Waals surface area (Å²) in [6.07, 6.45) is 5.63. The Labute approximate surface area is 178 Å². The third-order valence-corrected chi connectivity index (χ3v) is 5.31. The van der Waals surface area contributed by atoms with E-state index in [0.717, 1.165) is 63.2 Å². The van der Waals surface area contributed by atoms with E-state index in [4.69, 9.17) is 9.47 Å². The second kappa shape index (κ2) is 10.6. The van der Waals surface area contributed by atoms with Gasteiger partial charge < -0.3 is 20.1 Å². The molecule has 0 amide bonds. The van der Waals surface area contributed by atoms with Crippen molar-refractivity contribution >= 4 is 29.9 Å². The summed E-state index contributed by atoms with van der Waals surface area (Å²) in [5.74, 6) is 2.68. The molecule has 2 heterocycles. The second-order valence-electron chi connectivity index (χ2n) is 7.31. The smallest absolute Gasteiger partial charge is 0.191 e. The minimum atomic E-state index is 0. The highest BCUT2D eigenvalue weighted by atomic mass is 127. The number of ether oxygens (including phenoxy) is 2. The second-order valence-corrected chi connectivity index (χ2v) is 7.31. The molecule has 2 aliphatic rings. The first-order chi connectivity index (χ1) is 12.7. The molecule has 0 bridgehead atoms. The normalized spacial score (nSPS) is 20.6. The van der Waals surface area contributed by atoms with Crippen molar-refractivity contribution in [1.29, 1.82) is 0 Å². The highest BCUT2D eigenvalue weighted by molar-refractivity contribution is 14.0. The van der Waals surface area contributed by atoms with Crippen LogP contribution in [-0.2, 0) is 29.0 Å². The van der Waals surface area contributed by atoms with Gasteiger partial charge in [0.2, 0.25) is 0 Å². The van der Waals surface area contributed by atoms with Crippen molar-refractivity contribution in [1.82, 2.24) is 25.4 Å². The molecular formula is C18H33IN6O2. The van der Waals surface area contributed by atoms with E-state index in [9.17, 15) is 0 Å². The van der Waals surface area contributed by atoms with Gasteiger partial charge in [0.05, 0.1) is 6.54 Å². The lowest BCUT2D eigenvalue weighted by atomic mass is 10.0. The fourth-order valence-corrected chi connectivity index (χ4v) is 3.45. The summed E-state index contributed by atoms with van der Waals surface area (Å²) in [4.78, 5) is 8.93. The average molecular weight is 492 g/mol. The van der Waals surface area contributed by atoms with Gasteiger partial charge in [-0.1, -0.05) is 0 Å². The number of methoxy groups -OCH3 is 1. The van der Waals surface area contributed by atoms with Crippen molar-refractivity contribution in [3.05, 3.63) is 11.6 Å². The molecule has 1 aliphatic carbocycles. The maximum Gasteiger partial charge on any atom is 0.191 e. The molecule has 1 atom stereocenters. The Bertz CT molecular complexity index is 617. The lowest BCUT2D eigenvalue weighted by Crippen LogP contribution is -2.48. The van der Waals surface area contributed by atoms with Gasteiger partial charge >= 0.3 is 0 Å². The molecule has 3 rings (SSSR count). The zero-order valence-electron chi connectivity index (χ0n) is 16.7. The van der Waals surface area contributed by atoms with Crippen molar-refractivity contribution < 1.29 is 9.47 Å². The van der Waals surface area contributed by atoms with Crippen LogP contribution in [0, 0.1) is 5.41 Å². The van der Waals surface area contributed by atoms with Crippen LogP contribution in [0.4, 0.5) is 0 Å². The predicted molar refractivity (Wildman–Crippen MR) is 116 cm³/mol. The van der Waals surface area contributed by atoms with E-state index in [2.05, 4.69) is 25.7 Å². The molecule has 0 saturated heterocycles. The number of nitrogens with one attached hydrogen (secondary N) is 2. The van der Waals surface area contributed by atoms with E-state index in [0.29, 0.717) is 18.1 Å². The Balaban J connectivity index is 0.00000261. The topological polar surface area (TPSA) is 85.6 Å². The van der Waals surface area contributed by atoms with Crippen LogP contribution in [0.1, 0.15) is 44.3 Å². The highest BCUT2D eigenvalue weighted by Crippen LogP contribution is 2.48. The van der Waals surface area contributed by atoms with E-state index >= 15 is 0 Å². The largest absolute Gasteiger partial charge is 0.382 e. The van der Waals surface area contributed by atoms with Gasteiger partial charge in [0.25, 0.3) is 0 Å². The Morgan fingerprint density at radius 1 is 1.41 bits per heavy atom. The Morgan fingerprint density at radius 3 is 2.89 bits per heavy atom. The van der Waals surface area contributed by atoms with Crippen LogP contribution >= 0.6 is 24.0 Å². The average Bonchev–Trinajstić information content (AvgIpc) is 3.30. The quantitative estimate of drug-likeness (QED) is 0.237. The SMILES string of the molecule is CCOCCC1(CNC(=NC)NC2CCc3nc(COC)nn3C2)CC1.I. The van der Waals surface area contributed by atoms with E-state index in [-0.39, 0.29) is 24.0 Å². The molecule has 1 aliphatic heterocycles. The standard InChI is InChI=1S/C18H32N6O2.HI/c1-4-26-10-9-18(7-8-18)13-20-17(19-2)21-14-5-6-16-22-15(12-25-3)23-24(16)11-14;/h14H,4-13H2,1-3H3,(H2,19,20,21);1H. The van der Waals surface area contributed by atoms with Crippen molar-refractivity contribution in [2.75, 3.05) is 33.9 Å². The van der Waals surface area contributed by atoms with Crippen LogP contribution in [0.5, 0.6) is 0 Å². The summed E-state index contributed by atoms with van der Waals surface area (Å²) in [6, 6.07) is 0.310. The highest BCUT2D eigenvalue weighted by Gasteiger charge is 2.42. The minimum Gasteiger partial charge on any atom is -0.382 e. The first kappa shape index (κ1) is 22.4. The number of hydrogen-bond donors (Lipinski definition) is 2. The van der Waals surface area contributed by atoms with Crippen molar-refractivity contribution in [2.24, 2.45) is 10.4 Å². The zero-order valence-corrected chi connectivity index (χ0v) is 19.0. The summed E-state index contributed by atoms with van der Waals surface area (Å²) in [7, 11) is 3.50. The molecule has 1 aromatic heterocycles. The summed E-state index contributed by atoms with van der Waals surface area (Å²) in [6.45, 7) is 5.93. The summed E-state index contributed by atoms with van der Waals surface area (Å²) >= 11 is 0. The molecule has 1 unspecified atom stereocenters. The fourth-order valence-electron chi connectivity index (χ4n) is 3.45. The molecule has 154 valence electrons. The van der Waals surface area contributed by atoms with E-state index in [1.807, 2.05) is 18.7 Å². The number of rotatable bonds is 9. The van der Waals surface area contributed by atoms with Gasteiger partial charge in [0, 0.05) is 46.4 Å². The van der Waals surface area contributed by atoms with Gasteiger partial charge in [-0.05, 0) is 38.0 Å². The summed E-state index contributed by atoms with van der Waals surface area (Å²) in [5, 5.41) is 11.6. The molecule has 27 heavy (non-hydrogen) atoms. The van der Waals surface area contributed by atoms with Gasteiger partial charge in [0.15, 0.2) is 11.8 Å². The Hall–Kier alpha value is -0.940. The first-order valence-corrected chi connectivity index (χ1v) is 9.64. The number of halogens is 1. The molecule has 0 aromatic carbocycles. The van der Waals surface area contributed by atoms with Crippen LogP contribution in [-0.4, -0.2) is 60.7 Å². The molecule has 8 nitrogen and oxygen atoms in total. The fraction of sp³-hybridized carbons (Fsp3) is 0.833. The lowest BCUT2D eigenvalue weighted by molar-refractivity contribution is 0.128. The van der Waals surface area contributed by atoms with Gasteiger partial charge in [-0.3, -0.25) is 4.99 Å². The Morgan fingerprint density at radius 2 is 2.22 bits per heavy atom. The minimum absolute atomic E-state index is 0. The monoisotopic (exact) mass is 492 g/mol. The van der Waals surface area contributed by atoms with Crippen LogP contribution in [0.3, 0.4) is 0 Å². The maximum absolute atomic E-state index is 5.52. The van der Waals surface area contributed by atoms with Crippen molar-refractivity contribution in [2.45, 2.75) is 58.2 Å². The van der Waals surface area contributed by atoms with E-state index < -0.39 is 0 Å².